The molecule has 1 heterocycles. The molecule has 3 nitrogen and oxygen atoms in total. The third kappa shape index (κ3) is 3.70. The van der Waals surface area contributed by atoms with Gasteiger partial charge in [0, 0.05) is 18.5 Å². The van der Waals surface area contributed by atoms with Crippen LogP contribution < -0.4 is 4.74 Å². The van der Waals surface area contributed by atoms with Crippen LogP contribution in [0.4, 0.5) is 0 Å². The average Bonchev–Trinajstić information content (AvgIpc) is 3.00. The molecule has 0 bridgehead atoms. The molecule has 0 fully saturated rings. The van der Waals surface area contributed by atoms with Crippen LogP contribution >= 0.6 is 11.8 Å². The molecule has 2 aromatic rings. The van der Waals surface area contributed by atoms with Crippen LogP contribution in [-0.4, -0.2) is 29.7 Å². The number of ether oxygens (including phenoxy) is 1. The molecular weight excluding hydrogens is 306 g/mol. The van der Waals surface area contributed by atoms with E-state index in [2.05, 4.69) is 12.1 Å². The van der Waals surface area contributed by atoms with Gasteiger partial charge in [-0.25, -0.2) is 0 Å². The lowest BCUT2D eigenvalue weighted by Crippen LogP contribution is -2.34. The summed E-state index contributed by atoms with van der Waals surface area (Å²) in [5.74, 6) is 1.06. The number of rotatable bonds is 5. The Bertz CT molecular complexity index is 659. The Labute approximate surface area is 141 Å². The maximum absolute atomic E-state index is 12.7. The van der Waals surface area contributed by atoms with Gasteiger partial charge >= 0.3 is 0 Å². The molecule has 0 radical (unpaired) electrons. The molecule has 0 spiro atoms. The Morgan fingerprint density at radius 3 is 2.65 bits per heavy atom. The van der Waals surface area contributed by atoms with Crippen LogP contribution in [0.3, 0.4) is 0 Å². The fraction of sp³-hybridized carbons (Fsp3) is 0.316. The summed E-state index contributed by atoms with van der Waals surface area (Å²) in [5.41, 5.74) is 2.40. The molecule has 0 saturated heterocycles. The summed E-state index contributed by atoms with van der Waals surface area (Å²) in [6.45, 7) is 3.26. The minimum Gasteiger partial charge on any atom is -0.494 e. The molecule has 2 aromatic carbocycles. The van der Waals surface area contributed by atoms with E-state index in [1.807, 2.05) is 55.3 Å². The Kier molecular flexibility index (Phi) is 4.91. The van der Waals surface area contributed by atoms with Crippen LogP contribution in [0.25, 0.3) is 0 Å². The zero-order valence-electron chi connectivity index (χ0n) is 13.5. The summed E-state index contributed by atoms with van der Waals surface area (Å²) >= 11 is 1.68. The molecule has 1 atom stereocenters. The molecule has 1 amide bonds. The summed E-state index contributed by atoms with van der Waals surface area (Å²) < 4.78 is 5.45. The second-order valence-corrected chi connectivity index (χ2v) is 6.93. The Hall–Kier alpha value is -1.94. The Morgan fingerprint density at radius 2 is 1.96 bits per heavy atom. The molecule has 0 aromatic heterocycles. The van der Waals surface area contributed by atoms with Crippen molar-refractivity contribution in [1.82, 2.24) is 4.90 Å². The predicted octanol–water partition coefficient (Wildman–Crippen LogP) is 3.76. The number of amides is 1. The third-order valence-corrected chi connectivity index (χ3v) is 5.26. The topological polar surface area (TPSA) is 29.5 Å². The van der Waals surface area contributed by atoms with Gasteiger partial charge in [-0.3, -0.25) is 4.79 Å². The lowest BCUT2D eigenvalue weighted by Gasteiger charge is -2.20. The van der Waals surface area contributed by atoms with Crippen molar-refractivity contribution in [2.75, 3.05) is 13.7 Å². The molecule has 0 aliphatic carbocycles. The van der Waals surface area contributed by atoms with Crippen molar-refractivity contribution in [2.24, 2.45) is 0 Å². The van der Waals surface area contributed by atoms with Crippen molar-refractivity contribution in [3.8, 4) is 5.75 Å². The van der Waals surface area contributed by atoms with Gasteiger partial charge in [-0.15, -0.1) is 11.8 Å². The molecule has 1 aliphatic heterocycles. The van der Waals surface area contributed by atoms with Crippen LogP contribution in [0.15, 0.2) is 53.4 Å². The van der Waals surface area contributed by atoms with E-state index >= 15 is 0 Å². The highest BCUT2D eigenvalue weighted by molar-refractivity contribution is 8.01. The summed E-state index contributed by atoms with van der Waals surface area (Å²) in [5, 5.41) is 0.0000907. The van der Waals surface area contributed by atoms with E-state index in [0.717, 1.165) is 17.7 Å². The highest BCUT2D eigenvalue weighted by Crippen LogP contribution is 2.37. The normalized spacial score (nSPS) is 16.0. The number of hydrogen-bond acceptors (Lipinski definition) is 3. The van der Waals surface area contributed by atoms with E-state index in [0.29, 0.717) is 13.2 Å². The van der Waals surface area contributed by atoms with E-state index in [-0.39, 0.29) is 11.2 Å². The molecule has 1 aliphatic rings. The van der Waals surface area contributed by atoms with E-state index in [4.69, 9.17) is 4.74 Å². The molecule has 0 saturated carbocycles. The largest absolute Gasteiger partial charge is 0.494 e. The lowest BCUT2D eigenvalue weighted by atomic mass is 10.1. The molecule has 23 heavy (non-hydrogen) atoms. The van der Waals surface area contributed by atoms with Crippen LogP contribution in [0.2, 0.25) is 0 Å². The summed E-state index contributed by atoms with van der Waals surface area (Å²) in [6.07, 6.45) is 0.827. The first-order chi connectivity index (χ1) is 11.2. The molecular formula is C19H21NO2S. The van der Waals surface area contributed by atoms with Crippen molar-refractivity contribution in [3.05, 3.63) is 59.7 Å². The molecule has 1 unspecified atom stereocenters. The zero-order valence-corrected chi connectivity index (χ0v) is 14.3. The van der Waals surface area contributed by atoms with Crippen molar-refractivity contribution < 1.29 is 9.53 Å². The minimum absolute atomic E-state index is 0.0000907. The monoisotopic (exact) mass is 327 g/mol. The second-order valence-electron chi connectivity index (χ2n) is 5.69. The van der Waals surface area contributed by atoms with Crippen LogP contribution in [0.5, 0.6) is 5.75 Å². The first kappa shape index (κ1) is 15.9. The van der Waals surface area contributed by atoms with E-state index in [9.17, 15) is 4.79 Å². The van der Waals surface area contributed by atoms with Crippen LogP contribution in [0, 0.1) is 0 Å². The summed E-state index contributed by atoms with van der Waals surface area (Å²) in [4.78, 5) is 15.7. The number of nitrogens with zero attached hydrogens (tertiary/aromatic N) is 1. The predicted molar refractivity (Wildman–Crippen MR) is 93.9 cm³/mol. The molecule has 4 heteroatoms. The smallest absolute Gasteiger partial charge is 0.236 e. The lowest BCUT2D eigenvalue weighted by molar-refractivity contribution is -0.129. The first-order valence-corrected chi connectivity index (χ1v) is 8.76. The fourth-order valence-electron chi connectivity index (χ4n) is 2.78. The van der Waals surface area contributed by atoms with Gasteiger partial charge in [0.15, 0.2) is 0 Å². The first-order valence-electron chi connectivity index (χ1n) is 7.88. The summed E-state index contributed by atoms with van der Waals surface area (Å²) in [6, 6.07) is 16.2. The average molecular weight is 327 g/mol. The molecule has 3 rings (SSSR count). The minimum atomic E-state index is 0.0000907. The number of fused-ring (bicyclic) bond motifs is 1. The molecule has 0 N–H and O–H groups in total. The van der Waals surface area contributed by atoms with E-state index in [1.54, 1.807) is 11.8 Å². The number of benzene rings is 2. The quantitative estimate of drug-likeness (QED) is 0.837. The van der Waals surface area contributed by atoms with Gasteiger partial charge in [-0.1, -0.05) is 30.3 Å². The van der Waals surface area contributed by atoms with Gasteiger partial charge in [0.25, 0.3) is 0 Å². The summed E-state index contributed by atoms with van der Waals surface area (Å²) in [7, 11) is 1.88. The Balaban J connectivity index is 1.60. The van der Waals surface area contributed by atoms with Gasteiger partial charge in [0.2, 0.25) is 5.91 Å². The van der Waals surface area contributed by atoms with Gasteiger partial charge in [-0.05, 0) is 42.7 Å². The highest BCUT2D eigenvalue weighted by Gasteiger charge is 2.29. The standard InChI is InChI=1S/C19H21NO2S/c1-3-22-16-10-8-14(9-11-16)13-20(2)19(21)18-12-15-6-4-5-7-17(15)23-18/h4-11,18H,3,12-13H2,1-2H3. The van der Waals surface area contributed by atoms with Crippen molar-refractivity contribution >= 4 is 17.7 Å². The van der Waals surface area contributed by atoms with E-state index < -0.39 is 0 Å². The number of hydrogen-bond donors (Lipinski definition) is 0. The Morgan fingerprint density at radius 1 is 1.22 bits per heavy atom. The van der Waals surface area contributed by atoms with Gasteiger partial charge in [0.1, 0.15) is 5.75 Å². The zero-order chi connectivity index (χ0) is 16.2. The second kappa shape index (κ2) is 7.09. The maximum Gasteiger partial charge on any atom is 0.236 e. The van der Waals surface area contributed by atoms with Gasteiger partial charge in [0.05, 0.1) is 11.9 Å². The van der Waals surface area contributed by atoms with Crippen LogP contribution in [-0.2, 0) is 17.8 Å². The van der Waals surface area contributed by atoms with Crippen molar-refractivity contribution in [1.29, 1.82) is 0 Å². The highest BCUT2D eigenvalue weighted by atomic mass is 32.2. The van der Waals surface area contributed by atoms with Crippen molar-refractivity contribution in [2.45, 2.75) is 30.0 Å². The number of thioether (sulfide) groups is 1. The SMILES string of the molecule is CCOc1ccc(CN(C)C(=O)C2Cc3ccccc3S2)cc1. The van der Waals surface area contributed by atoms with E-state index in [1.165, 1.54) is 10.5 Å². The molecule has 120 valence electrons. The number of carbonyl (C=O) groups is 1. The third-order valence-electron chi connectivity index (χ3n) is 3.95. The van der Waals surface area contributed by atoms with Gasteiger partial charge < -0.3 is 9.64 Å². The van der Waals surface area contributed by atoms with Crippen molar-refractivity contribution in [3.63, 3.8) is 0 Å². The number of carbonyl (C=O) groups excluding carboxylic acids is 1. The fourth-order valence-corrected chi connectivity index (χ4v) is 4.09. The van der Waals surface area contributed by atoms with Crippen LogP contribution in [0.1, 0.15) is 18.1 Å². The maximum atomic E-state index is 12.7. The van der Waals surface area contributed by atoms with Gasteiger partial charge in [-0.2, -0.15) is 0 Å².